The van der Waals surface area contributed by atoms with E-state index in [-0.39, 0.29) is 5.56 Å². The molecule has 5 heteroatoms. The normalized spacial score (nSPS) is 9.38. The molecule has 2 aromatic rings. The van der Waals surface area contributed by atoms with Crippen molar-refractivity contribution in [1.29, 1.82) is 0 Å². The number of nitrogens with one attached hydrogen (secondary N) is 1. The fourth-order valence-corrected chi connectivity index (χ4v) is 1.48. The number of halogens is 1. The average molecular weight is 283 g/mol. The highest BCUT2D eigenvalue weighted by molar-refractivity contribution is 9.10. The lowest BCUT2D eigenvalue weighted by Gasteiger charge is -1.96. The van der Waals surface area contributed by atoms with Gasteiger partial charge in [-0.1, -0.05) is 22.0 Å². The van der Waals surface area contributed by atoms with Crippen molar-refractivity contribution in [3.8, 4) is 0 Å². The van der Waals surface area contributed by atoms with Gasteiger partial charge in [0.15, 0.2) is 0 Å². The monoisotopic (exact) mass is 282 g/mol. The number of carboxylic acids is 1. The van der Waals surface area contributed by atoms with E-state index in [2.05, 4.69) is 20.9 Å². The van der Waals surface area contributed by atoms with Crippen molar-refractivity contribution >= 4 is 32.8 Å². The molecule has 0 amide bonds. The maximum atomic E-state index is 10.9. The third kappa shape index (κ3) is 3.86. The van der Waals surface area contributed by atoms with Gasteiger partial charge in [0, 0.05) is 22.0 Å². The zero-order valence-corrected chi connectivity index (χ0v) is 10.1. The molecule has 2 rings (SSSR count). The number of fused-ring (bicyclic) bond motifs is 1. The minimum Gasteiger partial charge on any atom is -0.550 e. The minimum absolute atomic E-state index is 0.0689. The molecule has 1 aromatic heterocycles. The van der Waals surface area contributed by atoms with Gasteiger partial charge < -0.3 is 14.9 Å². The van der Waals surface area contributed by atoms with Gasteiger partial charge in [-0.25, -0.2) is 0 Å². The van der Waals surface area contributed by atoms with Crippen LogP contribution in [-0.2, 0) is 4.79 Å². The van der Waals surface area contributed by atoms with Crippen LogP contribution in [0.15, 0.2) is 39.6 Å². The van der Waals surface area contributed by atoms with Crippen molar-refractivity contribution in [2.75, 3.05) is 0 Å². The fourth-order valence-electron chi connectivity index (χ4n) is 1.12. The smallest absolute Gasteiger partial charge is 0.248 e. The standard InChI is InChI=1S/C9H6BrNO.C2H4O2/c10-7-3-1-6-2-4-9(12)11-8(6)5-7;1-2(3)4/h1-5H,(H,11,12);1H3,(H,3,4)/p-1. The Morgan fingerprint density at radius 1 is 1.31 bits per heavy atom. The number of H-pyrrole nitrogens is 1. The second kappa shape index (κ2) is 5.46. The number of carbonyl (C=O) groups is 1. The van der Waals surface area contributed by atoms with E-state index in [4.69, 9.17) is 9.90 Å². The van der Waals surface area contributed by atoms with Crippen LogP contribution < -0.4 is 10.7 Å². The van der Waals surface area contributed by atoms with E-state index in [1.165, 1.54) is 6.07 Å². The van der Waals surface area contributed by atoms with Crippen LogP contribution in [0.2, 0.25) is 0 Å². The third-order valence-electron chi connectivity index (χ3n) is 1.69. The number of aromatic amines is 1. The Hall–Kier alpha value is -1.62. The Morgan fingerprint density at radius 2 is 1.88 bits per heavy atom. The minimum atomic E-state index is -1.08. The molecule has 0 atom stereocenters. The molecule has 1 N–H and O–H groups in total. The lowest BCUT2D eigenvalue weighted by atomic mass is 10.2. The Kier molecular flexibility index (Phi) is 4.25. The van der Waals surface area contributed by atoms with Crippen LogP contribution in [-0.4, -0.2) is 11.0 Å². The van der Waals surface area contributed by atoms with Crippen molar-refractivity contribution in [3.05, 3.63) is 45.2 Å². The number of pyridine rings is 1. The molecule has 0 bridgehead atoms. The van der Waals surface area contributed by atoms with E-state index >= 15 is 0 Å². The molecule has 1 heterocycles. The lowest BCUT2D eigenvalue weighted by molar-refractivity contribution is -0.302. The predicted octanol–water partition coefficient (Wildman–Crippen LogP) is 1.05. The van der Waals surface area contributed by atoms with Gasteiger partial charge in [-0.2, -0.15) is 0 Å². The summed E-state index contributed by atoms with van der Waals surface area (Å²) in [6, 6.07) is 9.11. The van der Waals surface area contributed by atoms with Gasteiger partial charge >= 0.3 is 0 Å². The Balaban J connectivity index is 0.000000280. The summed E-state index contributed by atoms with van der Waals surface area (Å²) in [7, 11) is 0. The zero-order chi connectivity index (χ0) is 12.1. The second-order valence-corrected chi connectivity index (χ2v) is 3.96. The first-order chi connectivity index (χ1) is 7.49. The van der Waals surface area contributed by atoms with E-state index in [1.54, 1.807) is 6.07 Å². The van der Waals surface area contributed by atoms with Crippen molar-refractivity contribution in [3.63, 3.8) is 0 Å². The highest BCUT2D eigenvalue weighted by Gasteiger charge is 1.93. The molecule has 0 fully saturated rings. The van der Waals surface area contributed by atoms with Crippen LogP contribution in [0.1, 0.15) is 6.92 Å². The maximum absolute atomic E-state index is 10.9. The summed E-state index contributed by atoms with van der Waals surface area (Å²) < 4.78 is 0.969. The van der Waals surface area contributed by atoms with Crippen LogP contribution in [0.5, 0.6) is 0 Å². The molecule has 0 aliphatic carbocycles. The number of hydrogen-bond donors (Lipinski definition) is 1. The zero-order valence-electron chi connectivity index (χ0n) is 8.49. The quantitative estimate of drug-likeness (QED) is 0.785. The van der Waals surface area contributed by atoms with Gasteiger partial charge in [-0.05, 0) is 30.5 Å². The van der Waals surface area contributed by atoms with Gasteiger partial charge in [0.25, 0.3) is 0 Å². The molecular weight excluding hydrogens is 274 g/mol. The second-order valence-electron chi connectivity index (χ2n) is 3.05. The molecule has 4 nitrogen and oxygen atoms in total. The van der Waals surface area contributed by atoms with E-state index < -0.39 is 5.97 Å². The summed E-state index contributed by atoms with van der Waals surface area (Å²) in [6.45, 7) is 0.972. The molecule has 0 saturated carbocycles. The van der Waals surface area contributed by atoms with Crippen LogP contribution in [0, 0.1) is 0 Å². The number of rotatable bonds is 0. The first-order valence-corrected chi connectivity index (χ1v) is 5.24. The molecule has 0 saturated heterocycles. The summed E-state index contributed by atoms with van der Waals surface area (Å²) in [5, 5.41) is 9.93. The molecule has 16 heavy (non-hydrogen) atoms. The number of benzene rings is 1. The number of carboxylic acid groups (broad SMARTS) is 1. The van der Waals surface area contributed by atoms with E-state index in [0.717, 1.165) is 22.3 Å². The lowest BCUT2D eigenvalue weighted by Crippen LogP contribution is -2.16. The molecular formula is C11H9BrNO3-. The van der Waals surface area contributed by atoms with Gasteiger partial charge in [0.05, 0.1) is 0 Å². The molecule has 0 aliphatic heterocycles. The average Bonchev–Trinajstić information content (AvgIpc) is 2.15. The van der Waals surface area contributed by atoms with E-state index in [1.807, 2.05) is 18.2 Å². The molecule has 0 unspecified atom stereocenters. The topological polar surface area (TPSA) is 73.0 Å². The summed E-state index contributed by atoms with van der Waals surface area (Å²) in [5.41, 5.74) is 0.789. The van der Waals surface area contributed by atoms with Gasteiger partial charge in [-0.3, -0.25) is 4.79 Å². The SMILES string of the molecule is CC(=O)[O-].O=c1ccc2ccc(Br)cc2[nH]1. The summed E-state index contributed by atoms with van der Waals surface area (Å²) in [5.74, 6) is -1.08. The largest absolute Gasteiger partial charge is 0.550 e. The Labute approximate surface area is 100 Å². The number of hydrogen-bond acceptors (Lipinski definition) is 3. The predicted molar refractivity (Wildman–Crippen MR) is 62.9 cm³/mol. The molecule has 1 aromatic carbocycles. The van der Waals surface area contributed by atoms with Crippen molar-refractivity contribution < 1.29 is 9.90 Å². The molecule has 0 radical (unpaired) electrons. The fraction of sp³-hybridized carbons (Fsp3) is 0.0909. The Morgan fingerprint density at radius 3 is 2.50 bits per heavy atom. The van der Waals surface area contributed by atoms with Crippen molar-refractivity contribution in [2.45, 2.75) is 6.92 Å². The van der Waals surface area contributed by atoms with Crippen molar-refractivity contribution in [2.24, 2.45) is 0 Å². The van der Waals surface area contributed by atoms with Gasteiger partial charge in [0.1, 0.15) is 0 Å². The van der Waals surface area contributed by atoms with E-state index in [0.29, 0.717) is 0 Å². The molecule has 0 spiro atoms. The van der Waals surface area contributed by atoms with Gasteiger partial charge in [-0.15, -0.1) is 0 Å². The van der Waals surface area contributed by atoms with Crippen LogP contribution in [0.3, 0.4) is 0 Å². The number of aliphatic carboxylic acids is 1. The van der Waals surface area contributed by atoms with Gasteiger partial charge in [0.2, 0.25) is 5.56 Å². The first kappa shape index (κ1) is 12.4. The van der Waals surface area contributed by atoms with Crippen LogP contribution >= 0.6 is 15.9 Å². The molecule has 0 aliphatic rings. The summed E-state index contributed by atoms with van der Waals surface area (Å²) in [6.07, 6.45) is 0. The maximum Gasteiger partial charge on any atom is 0.248 e. The van der Waals surface area contributed by atoms with Crippen molar-refractivity contribution in [1.82, 2.24) is 4.98 Å². The van der Waals surface area contributed by atoms with Crippen LogP contribution in [0.25, 0.3) is 10.9 Å². The summed E-state index contributed by atoms with van der Waals surface area (Å²) in [4.78, 5) is 22.6. The Bertz CT molecular complexity index is 558. The summed E-state index contributed by atoms with van der Waals surface area (Å²) >= 11 is 3.33. The highest BCUT2D eigenvalue weighted by atomic mass is 79.9. The number of carbonyl (C=O) groups excluding carboxylic acids is 1. The highest BCUT2D eigenvalue weighted by Crippen LogP contribution is 2.15. The molecule has 84 valence electrons. The van der Waals surface area contributed by atoms with E-state index in [9.17, 15) is 4.79 Å². The first-order valence-electron chi connectivity index (χ1n) is 4.45. The third-order valence-corrected chi connectivity index (χ3v) is 2.18. The number of aromatic nitrogens is 1. The van der Waals surface area contributed by atoms with Crippen LogP contribution in [0.4, 0.5) is 0 Å².